The molecule has 18 heavy (non-hydrogen) atoms. The van der Waals surface area contributed by atoms with Gasteiger partial charge in [-0.2, -0.15) is 0 Å². The zero-order valence-electron chi connectivity index (χ0n) is 10.2. The van der Waals surface area contributed by atoms with Gasteiger partial charge in [0.1, 0.15) is 0 Å². The number of carbonyl (C=O) groups excluding carboxylic acids is 1. The number of hydrogen-bond donors (Lipinski definition) is 2. The molecule has 1 amide bonds. The normalized spacial score (nSPS) is 13.9. The molecule has 96 valence electrons. The van der Waals surface area contributed by atoms with E-state index in [4.69, 9.17) is 5.11 Å². The van der Waals surface area contributed by atoms with Crippen LogP contribution in [0.3, 0.4) is 0 Å². The fourth-order valence-electron chi connectivity index (χ4n) is 2.22. The van der Waals surface area contributed by atoms with Crippen LogP contribution in [0.25, 0.3) is 0 Å². The Morgan fingerprint density at radius 1 is 1.33 bits per heavy atom. The monoisotopic (exact) mass is 247 g/mol. The molecule has 0 unspecified atom stereocenters. The van der Waals surface area contributed by atoms with Crippen molar-refractivity contribution in [3.63, 3.8) is 0 Å². The van der Waals surface area contributed by atoms with Crippen LogP contribution in [-0.4, -0.2) is 23.5 Å². The number of fused-ring (bicyclic) bond motifs is 1. The number of hydrogen-bond acceptors (Lipinski definition) is 2. The van der Waals surface area contributed by atoms with Gasteiger partial charge in [0.25, 0.3) is 5.91 Å². The molecule has 1 heterocycles. The fourth-order valence-corrected chi connectivity index (χ4v) is 2.22. The number of carboxylic acid groups (broad SMARTS) is 1. The van der Waals surface area contributed by atoms with Crippen LogP contribution in [0.2, 0.25) is 0 Å². The summed E-state index contributed by atoms with van der Waals surface area (Å²) < 4.78 is 0. The molecule has 0 radical (unpaired) electrons. The third-order valence-electron chi connectivity index (χ3n) is 3.20. The topological polar surface area (TPSA) is 66.4 Å². The average molecular weight is 247 g/mol. The van der Waals surface area contributed by atoms with E-state index >= 15 is 0 Å². The van der Waals surface area contributed by atoms with Crippen molar-refractivity contribution in [2.24, 2.45) is 0 Å². The van der Waals surface area contributed by atoms with Crippen LogP contribution in [0.15, 0.2) is 18.2 Å². The lowest BCUT2D eigenvalue weighted by Crippen LogP contribution is -2.31. The van der Waals surface area contributed by atoms with Crippen molar-refractivity contribution in [3.8, 4) is 0 Å². The Bertz CT molecular complexity index is 468. The van der Waals surface area contributed by atoms with E-state index < -0.39 is 5.97 Å². The second-order valence-corrected chi connectivity index (χ2v) is 4.60. The highest BCUT2D eigenvalue weighted by Crippen LogP contribution is 2.17. The van der Waals surface area contributed by atoms with E-state index in [-0.39, 0.29) is 12.3 Å². The van der Waals surface area contributed by atoms with E-state index in [2.05, 4.69) is 5.32 Å². The molecule has 0 bridgehead atoms. The number of carboxylic acids is 1. The zero-order valence-corrected chi connectivity index (χ0v) is 10.2. The van der Waals surface area contributed by atoms with Crippen molar-refractivity contribution in [1.82, 2.24) is 5.32 Å². The van der Waals surface area contributed by atoms with Gasteiger partial charge >= 0.3 is 5.97 Å². The van der Waals surface area contributed by atoms with Crippen LogP contribution in [-0.2, 0) is 17.6 Å². The SMILES string of the molecule is O=C(O)CCCCc1ccc2c(c1)C(=O)NCC2. The molecule has 0 aliphatic carbocycles. The Morgan fingerprint density at radius 3 is 2.94 bits per heavy atom. The van der Waals surface area contributed by atoms with Gasteiger partial charge in [-0.25, -0.2) is 0 Å². The second-order valence-electron chi connectivity index (χ2n) is 4.60. The number of amides is 1. The van der Waals surface area contributed by atoms with Gasteiger partial charge < -0.3 is 10.4 Å². The minimum Gasteiger partial charge on any atom is -0.481 e. The Kier molecular flexibility index (Phi) is 3.97. The van der Waals surface area contributed by atoms with E-state index in [1.165, 1.54) is 0 Å². The lowest BCUT2D eigenvalue weighted by atomic mass is 9.96. The lowest BCUT2D eigenvalue weighted by molar-refractivity contribution is -0.137. The summed E-state index contributed by atoms with van der Waals surface area (Å²) >= 11 is 0. The minimum absolute atomic E-state index is 0.00337. The van der Waals surface area contributed by atoms with Crippen LogP contribution in [0, 0.1) is 0 Å². The van der Waals surface area contributed by atoms with Crippen molar-refractivity contribution in [2.75, 3.05) is 6.54 Å². The minimum atomic E-state index is -0.750. The summed E-state index contributed by atoms with van der Waals surface area (Å²) in [5.41, 5.74) is 2.99. The van der Waals surface area contributed by atoms with Crippen molar-refractivity contribution >= 4 is 11.9 Å². The molecule has 0 fully saturated rings. The van der Waals surface area contributed by atoms with Crippen LogP contribution >= 0.6 is 0 Å². The highest BCUT2D eigenvalue weighted by Gasteiger charge is 2.16. The van der Waals surface area contributed by atoms with Crippen molar-refractivity contribution < 1.29 is 14.7 Å². The summed E-state index contributed by atoms with van der Waals surface area (Å²) in [6.45, 7) is 0.712. The molecule has 0 atom stereocenters. The molecule has 1 aromatic carbocycles. The van der Waals surface area contributed by atoms with Crippen LogP contribution in [0.4, 0.5) is 0 Å². The molecule has 0 spiro atoms. The Hall–Kier alpha value is -1.84. The third-order valence-corrected chi connectivity index (χ3v) is 3.20. The first-order valence-electron chi connectivity index (χ1n) is 6.28. The van der Waals surface area contributed by atoms with E-state index in [0.717, 1.165) is 36.0 Å². The number of unbranched alkanes of at least 4 members (excludes halogenated alkanes) is 1. The molecule has 0 saturated carbocycles. The zero-order chi connectivity index (χ0) is 13.0. The van der Waals surface area contributed by atoms with E-state index in [0.29, 0.717) is 13.0 Å². The van der Waals surface area contributed by atoms with Gasteiger partial charge in [0.2, 0.25) is 0 Å². The van der Waals surface area contributed by atoms with E-state index in [1.54, 1.807) is 0 Å². The van der Waals surface area contributed by atoms with Crippen molar-refractivity contribution in [1.29, 1.82) is 0 Å². The predicted molar refractivity (Wildman–Crippen MR) is 67.7 cm³/mol. The summed E-state index contributed by atoms with van der Waals surface area (Å²) in [6, 6.07) is 5.99. The maximum atomic E-state index is 11.7. The second kappa shape index (κ2) is 5.67. The van der Waals surface area contributed by atoms with Crippen molar-refractivity contribution in [3.05, 3.63) is 34.9 Å². The molecule has 4 nitrogen and oxygen atoms in total. The first-order valence-corrected chi connectivity index (χ1v) is 6.28. The van der Waals surface area contributed by atoms with Gasteiger partial charge in [-0.05, 0) is 42.9 Å². The highest BCUT2D eigenvalue weighted by atomic mass is 16.4. The molecule has 1 aliphatic rings. The fraction of sp³-hybridized carbons (Fsp3) is 0.429. The summed E-state index contributed by atoms with van der Waals surface area (Å²) in [5.74, 6) is -0.747. The number of nitrogens with one attached hydrogen (secondary N) is 1. The average Bonchev–Trinajstić information content (AvgIpc) is 2.35. The Labute approximate surface area is 106 Å². The highest BCUT2D eigenvalue weighted by molar-refractivity contribution is 5.96. The molecular weight excluding hydrogens is 230 g/mol. The summed E-state index contributed by atoms with van der Waals surface area (Å²) in [7, 11) is 0. The number of aryl methyl sites for hydroxylation is 1. The van der Waals surface area contributed by atoms with Gasteiger partial charge in [-0.15, -0.1) is 0 Å². The largest absolute Gasteiger partial charge is 0.481 e. The Morgan fingerprint density at radius 2 is 2.17 bits per heavy atom. The molecule has 2 N–H and O–H groups in total. The van der Waals surface area contributed by atoms with Crippen LogP contribution < -0.4 is 5.32 Å². The van der Waals surface area contributed by atoms with Gasteiger partial charge in [0, 0.05) is 18.5 Å². The maximum absolute atomic E-state index is 11.7. The molecule has 0 aromatic heterocycles. The number of benzene rings is 1. The molecular formula is C14H17NO3. The predicted octanol–water partition coefficient (Wildman–Crippen LogP) is 1.77. The molecule has 1 aliphatic heterocycles. The van der Waals surface area contributed by atoms with Gasteiger partial charge in [0.05, 0.1) is 0 Å². The first kappa shape index (κ1) is 12.6. The summed E-state index contributed by atoms with van der Waals surface area (Å²) in [4.78, 5) is 22.1. The van der Waals surface area contributed by atoms with Crippen molar-refractivity contribution in [2.45, 2.75) is 32.1 Å². The smallest absolute Gasteiger partial charge is 0.303 e. The maximum Gasteiger partial charge on any atom is 0.303 e. The number of aliphatic carboxylic acids is 1. The van der Waals surface area contributed by atoms with Gasteiger partial charge in [-0.3, -0.25) is 9.59 Å². The quantitative estimate of drug-likeness (QED) is 0.779. The molecule has 1 aromatic rings. The molecule has 0 saturated heterocycles. The molecule has 4 heteroatoms. The van der Waals surface area contributed by atoms with E-state index in [9.17, 15) is 9.59 Å². The standard InChI is InChI=1S/C14H17NO3/c16-13(17)4-2-1-3-10-5-6-11-7-8-15-14(18)12(11)9-10/h5-6,9H,1-4,7-8H2,(H,15,18)(H,16,17). The number of carbonyl (C=O) groups is 2. The van der Waals surface area contributed by atoms with Crippen LogP contribution in [0.1, 0.15) is 40.7 Å². The summed E-state index contributed by atoms with van der Waals surface area (Å²) in [5, 5.41) is 11.4. The lowest BCUT2D eigenvalue weighted by Gasteiger charge is -2.17. The molecule has 2 rings (SSSR count). The van der Waals surface area contributed by atoms with Gasteiger partial charge in [0.15, 0.2) is 0 Å². The third kappa shape index (κ3) is 3.09. The Balaban J connectivity index is 1.96. The first-order chi connectivity index (χ1) is 8.66. The van der Waals surface area contributed by atoms with Gasteiger partial charge in [-0.1, -0.05) is 12.1 Å². The van der Waals surface area contributed by atoms with E-state index in [1.807, 2.05) is 18.2 Å². The number of rotatable bonds is 5. The summed E-state index contributed by atoms with van der Waals surface area (Å²) in [6.07, 6.45) is 3.45. The van der Waals surface area contributed by atoms with Crippen LogP contribution in [0.5, 0.6) is 0 Å².